The van der Waals surface area contributed by atoms with Crippen LogP contribution in [0.3, 0.4) is 0 Å². The largest absolute Gasteiger partial charge is 0.370 e. The van der Waals surface area contributed by atoms with Gasteiger partial charge < -0.3 is 5.32 Å². The van der Waals surface area contributed by atoms with Gasteiger partial charge in [0, 0.05) is 24.5 Å². The average molecular weight is 310 g/mol. The number of anilines is 1. The van der Waals surface area contributed by atoms with E-state index in [-0.39, 0.29) is 11.6 Å². The molecule has 0 spiro atoms. The van der Waals surface area contributed by atoms with Gasteiger partial charge in [0.25, 0.3) is 5.56 Å². The molecule has 0 saturated carbocycles. The second-order valence-corrected chi connectivity index (χ2v) is 5.01. The van der Waals surface area contributed by atoms with E-state index in [4.69, 9.17) is 11.6 Å². The Morgan fingerprint density at radius 2 is 2.14 bits per heavy atom. The minimum atomic E-state index is -0.603. The lowest BCUT2D eigenvalue weighted by atomic mass is 10.4. The van der Waals surface area contributed by atoms with Crippen molar-refractivity contribution in [2.24, 2.45) is 0 Å². The van der Waals surface area contributed by atoms with Gasteiger partial charge >= 0.3 is 5.69 Å². The molecule has 0 amide bonds. The Morgan fingerprint density at radius 1 is 1.38 bits per heavy atom. The van der Waals surface area contributed by atoms with Gasteiger partial charge in [-0.05, 0) is 13.3 Å². The van der Waals surface area contributed by atoms with Crippen molar-refractivity contribution in [3.05, 3.63) is 49.6 Å². The molecule has 0 unspecified atom stereocenters. The number of hydrogen-bond donors (Lipinski definition) is 2. The summed E-state index contributed by atoms with van der Waals surface area (Å²) < 4.78 is 1.27. The van der Waals surface area contributed by atoms with E-state index in [9.17, 15) is 9.59 Å². The normalized spacial score (nSPS) is 10.6. The number of halogens is 1. The molecule has 0 radical (unpaired) electrons. The van der Waals surface area contributed by atoms with Gasteiger partial charge in [-0.25, -0.2) is 14.8 Å². The summed E-state index contributed by atoms with van der Waals surface area (Å²) in [5, 5.41) is 3.12. The molecule has 8 heteroatoms. The zero-order valence-electron chi connectivity index (χ0n) is 11.8. The highest BCUT2D eigenvalue weighted by Gasteiger charge is 2.07. The van der Waals surface area contributed by atoms with Crippen molar-refractivity contribution in [2.45, 2.75) is 26.8 Å². The second kappa shape index (κ2) is 6.53. The maximum Gasteiger partial charge on any atom is 0.328 e. The summed E-state index contributed by atoms with van der Waals surface area (Å²) in [5.74, 6) is 1.18. The van der Waals surface area contributed by atoms with Gasteiger partial charge in [0.05, 0.1) is 6.54 Å². The molecule has 2 rings (SSSR count). The first-order chi connectivity index (χ1) is 9.99. The fourth-order valence-corrected chi connectivity index (χ4v) is 1.96. The lowest BCUT2D eigenvalue weighted by Gasteiger charge is -2.09. The zero-order valence-corrected chi connectivity index (χ0v) is 12.6. The summed E-state index contributed by atoms with van der Waals surface area (Å²) in [4.78, 5) is 33.7. The molecule has 0 aliphatic carbocycles. The fourth-order valence-electron chi connectivity index (χ4n) is 1.80. The molecule has 0 saturated heterocycles. The first-order valence-corrected chi connectivity index (χ1v) is 6.95. The monoisotopic (exact) mass is 309 g/mol. The van der Waals surface area contributed by atoms with Crippen LogP contribution in [0.5, 0.6) is 0 Å². The highest BCUT2D eigenvalue weighted by atomic mass is 35.5. The van der Waals surface area contributed by atoms with Gasteiger partial charge in [0.2, 0.25) is 0 Å². The molecule has 0 atom stereocenters. The molecule has 2 N–H and O–H groups in total. The Bertz CT molecular complexity index is 753. The number of aromatic nitrogens is 4. The first-order valence-electron chi connectivity index (χ1n) is 6.57. The first kappa shape index (κ1) is 15.2. The third kappa shape index (κ3) is 3.91. The molecule has 112 valence electrons. The minimum Gasteiger partial charge on any atom is -0.370 e. The van der Waals surface area contributed by atoms with E-state index in [1.807, 2.05) is 13.0 Å². The van der Waals surface area contributed by atoms with Crippen molar-refractivity contribution in [2.75, 3.05) is 11.9 Å². The highest BCUT2D eigenvalue weighted by Crippen LogP contribution is 2.07. The Labute approximate surface area is 126 Å². The van der Waals surface area contributed by atoms with E-state index < -0.39 is 11.2 Å². The van der Waals surface area contributed by atoms with Crippen molar-refractivity contribution in [3.63, 3.8) is 0 Å². The second-order valence-electron chi connectivity index (χ2n) is 4.60. The zero-order chi connectivity index (χ0) is 15.4. The van der Waals surface area contributed by atoms with Gasteiger partial charge in [-0.3, -0.25) is 14.3 Å². The number of rotatable bonds is 5. The summed E-state index contributed by atoms with van der Waals surface area (Å²) in [6, 6.07) is 1.84. The molecule has 2 aromatic heterocycles. The van der Waals surface area contributed by atoms with Crippen LogP contribution in [0.2, 0.25) is 5.02 Å². The van der Waals surface area contributed by atoms with E-state index in [1.165, 1.54) is 10.8 Å². The number of nitrogens with zero attached hydrogens (tertiary/aromatic N) is 3. The van der Waals surface area contributed by atoms with Gasteiger partial charge in [-0.1, -0.05) is 18.5 Å². The Morgan fingerprint density at radius 3 is 2.86 bits per heavy atom. The van der Waals surface area contributed by atoms with E-state index >= 15 is 0 Å². The number of nitrogens with one attached hydrogen (secondary N) is 2. The van der Waals surface area contributed by atoms with Gasteiger partial charge in [-0.15, -0.1) is 0 Å². The number of aromatic amines is 1. The maximum atomic E-state index is 11.7. The van der Waals surface area contributed by atoms with E-state index in [1.54, 1.807) is 0 Å². The lowest BCUT2D eigenvalue weighted by Crippen LogP contribution is -2.30. The van der Waals surface area contributed by atoms with Crippen molar-refractivity contribution >= 4 is 17.4 Å². The molecule has 2 heterocycles. The predicted octanol–water partition coefficient (Wildman–Crippen LogP) is 1.16. The quantitative estimate of drug-likeness (QED) is 0.864. The number of H-pyrrole nitrogens is 1. The molecule has 0 aliphatic heterocycles. The van der Waals surface area contributed by atoms with Crippen LogP contribution < -0.4 is 16.6 Å². The van der Waals surface area contributed by atoms with Crippen molar-refractivity contribution in [3.8, 4) is 0 Å². The number of hydrogen-bond acceptors (Lipinski definition) is 5. The summed E-state index contributed by atoms with van der Waals surface area (Å²) in [6.45, 7) is 4.85. The smallest absolute Gasteiger partial charge is 0.328 e. The average Bonchev–Trinajstić information content (AvgIpc) is 2.42. The standard InChI is InChI=1S/C13H16ClN5O2/c1-3-4-15-10-5-8(2)16-11(17-10)7-19-6-9(14)12(20)18-13(19)21/h5-6H,3-4,7H2,1-2H3,(H,15,16,17)(H,18,20,21). The summed E-state index contributed by atoms with van der Waals surface area (Å²) in [5.41, 5.74) is -0.354. The minimum absolute atomic E-state index is 0.0495. The highest BCUT2D eigenvalue weighted by molar-refractivity contribution is 6.30. The van der Waals surface area contributed by atoms with Gasteiger partial charge in [-0.2, -0.15) is 0 Å². The van der Waals surface area contributed by atoms with E-state index in [2.05, 4.69) is 27.2 Å². The SMILES string of the molecule is CCCNc1cc(C)nc(Cn2cc(Cl)c(=O)[nH]c2=O)n1. The third-order valence-corrected chi connectivity index (χ3v) is 3.01. The Hall–Kier alpha value is -2.15. The van der Waals surface area contributed by atoms with Gasteiger partial charge in [0.1, 0.15) is 10.8 Å². The van der Waals surface area contributed by atoms with Crippen LogP contribution in [0.1, 0.15) is 24.9 Å². The molecule has 0 aliphatic rings. The summed E-state index contributed by atoms with van der Waals surface area (Å²) in [7, 11) is 0. The third-order valence-electron chi connectivity index (χ3n) is 2.74. The predicted molar refractivity (Wildman–Crippen MR) is 81.0 cm³/mol. The molecule has 0 aromatic carbocycles. The summed E-state index contributed by atoms with van der Waals surface area (Å²) >= 11 is 5.73. The fraction of sp³-hybridized carbons (Fsp3) is 0.385. The van der Waals surface area contributed by atoms with Gasteiger partial charge in [0.15, 0.2) is 5.82 Å². The molecular weight excluding hydrogens is 294 g/mol. The van der Waals surface area contributed by atoms with Crippen molar-refractivity contribution < 1.29 is 0 Å². The van der Waals surface area contributed by atoms with E-state index in [0.29, 0.717) is 11.6 Å². The van der Waals surface area contributed by atoms with Crippen molar-refractivity contribution in [1.29, 1.82) is 0 Å². The van der Waals surface area contributed by atoms with Crippen LogP contribution in [0, 0.1) is 6.92 Å². The van der Waals surface area contributed by atoms with Crippen LogP contribution in [-0.2, 0) is 6.54 Å². The van der Waals surface area contributed by atoms with Crippen LogP contribution in [0.4, 0.5) is 5.82 Å². The molecule has 7 nitrogen and oxygen atoms in total. The Balaban J connectivity index is 2.31. The Kier molecular flexibility index (Phi) is 4.74. The molecule has 2 aromatic rings. The number of aryl methyl sites for hydroxylation is 1. The van der Waals surface area contributed by atoms with Crippen LogP contribution in [0.15, 0.2) is 21.9 Å². The van der Waals surface area contributed by atoms with Crippen LogP contribution >= 0.6 is 11.6 Å². The molecule has 0 fully saturated rings. The van der Waals surface area contributed by atoms with Crippen molar-refractivity contribution in [1.82, 2.24) is 19.5 Å². The molecule has 21 heavy (non-hydrogen) atoms. The topological polar surface area (TPSA) is 92.7 Å². The maximum absolute atomic E-state index is 11.7. The lowest BCUT2D eigenvalue weighted by molar-refractivity contribution is 0.683. The van der Waals surface area contributed by atoms with Crippen LogP contribution in [0.25, 0.3) is 0 Å². The summed E-state index contributed by atoms with van der Waals surface area (Å²) in [6.07, 6.45) is 2.26. The molecule has 0 bridgehead atoms. The molecular formula is C13H16ClN5O2. The van der Waals surface area contributed by atoms with E-state index in [0.717, 1.165) is 18.7 Å². The van der Waals surface area contributed by atoms with Crippen LogP contribution in [-0.4, -0.2) is 26.1 Å².